The van der Waals surface area contributed by atoms with E-state index in [1.807, 2.05) is 6.07 Å². The van der Waals surface area contributed by atoms with Crippen LogP contribution in [0.15, 0.2) is 24.3 Å². The molecule has 1 fully saturated rings. The predicted molar refractivity (Wildman–Crippen MR) is 84.2 cm³/mol. The van der Waals surface area contributed by atoms with E-state index in [0.717, 1.165) is 18.2 Å². The number of benzene rings is 1. The number of nitrogens with zero attached hydrogens (tertiary/aromatic N) is 1. The first kappa shape index (κ1) is 15.3. The van der Waals surface area contributed by atoms with Gasteiger partial charge in [-0.2, -0.15) is 0 Å². The monoisotopic (exact) mass is 276 g/mol. The van der Waals surface area contributed by atoms with Crippen molar-refractivity contribution in [1.29, 1.82) is 0 Å². The van der Waals surface area contributed by atoms with Gasteiger partial charge in [-0.15, -0.1) is 0 Å². The molecule has 1 aliphatic rings. The van der Waals surface area contributed by atoms with Crippen molar-refractivity contribution in [3.05, 3.63) is 29.8 Å². The molecular formula is C17H28N2O. The average Bonchev–Trinajstić information content (AvgIpc) is 2.49. The molecule has 3 heteroatoms. The third-order valence-corrected chi connectivity index (χ3v) is 4.00. The topological polar surface area (TPSA) is 24.5 Å². The Morgan fingerprint density at radius 2 is 2.30 bits per heavy atom. The largest absolute Gasteiger partial charge is 0.497 e. The fourth-order valence-corrected chi connectivity index (χ4v) is 3.03. The van der Waals surface area contributed by atoms with Crippen LogP contribution in [-0.2, 0) is 6.54 Å². The van der Waals surface area contributed by atoms with Gasteiger partial charge in [0.1, 0.15) is 5.75 Å². The van der Waals surface area contributed by atoms with E-state index in [4.69, 9.17) is 4.74 Å². The second-order valence-corrected chi connectivity index (χ2v) is 5.80. The molecular weight excluding hydrogens is 248 g/mol. The number of rotatable bonds is 7. The van der Waals surface area contributed by atoms with Gasteiger partial charge in [0, 0.05) is 13.1 Å². The van der Waals surface area contributed by atoms with E-state index in [2.05, 4.69) is 35.3 Å². The fourth-order valence-electron chi connectivity index (χ4n) is 3.03. The Hall–Kier alpha value is -1.06. The van der Waals surface area contributed by atoms with Crippen LogP contribution in [0.25, 0.3) is 0 Å². The van der Waals surface area contributed by atoms with Gasteiger partial charge < -0.3 is 10.1 Å². The summed E-state index contributed by atoms with van der Waals surface area (Å²) < 4.78 is 5.32. The fraction of sp³-hybridized carbons (Fsp3) is 0.647. The van der Waals surface area contributed by atoms with E-state index in [-0.39, 0.29) is 0 Å². The molecule has 1 saturated heterocycles. The van der Waals surface area contributed by atoms with Gasteiger partial charge in [0.15, 0.2) is 0 Å². The zero-order valence-corrected chi connectivity index (χ0v) is 12.9. The summed E-state index contributed by atoms with van der Waals surface area (Å²) in [5.74, 6) is 1.76. The second kappa shape index (κ2) is 8.28. The summed E-state index contributed by atoms with van der Waals surface area (Å²) in [6, 6.07) is 8.45. The first-order chi connectivity index (χ1) is 9.81. The first-order valence-corrected chi connectivity index (χ1v) is 7.87. The maximum Gasteiger partial charge on any atom is 0.119 e. The Kier molecular flexibility index (Phi) is 6.34. The zero-order valence-electron chi connectivity index (χ0n) is 12.9. The van der Waals surface area contributed by atoms with E-state index in [1.165, 1.54) is 51.0 Å². The lowest BCUT2D eigenvalue weighted by Crippen LogP contribution is -2.38. The van der Waals surface area contributed by atoms with Crippen molar-refractivity contribution >= 4 is 0 Å². The molecule has 0 aliphatic carbocycles. The van der Waals surface area contributed by atoms with E-state index in [0.29, 0.717) is 0 Å². The van der Waals surface area contributed by atoms with Crippen LogP contribution < -0.4 is 10.1 Å². The van der Waals surface area contributed by atoms with Crippen molar-refractivity contribution in [3.63, 3.8) is 0 Å². The number of hydrogen-bond donors (Lipinski definition) is 1. The van der Waals surface area contributed by atoms with Gasteiger partial charge in [0.25, 0.3) is 0 Å². The summed E-state index contributed by atoms with van der Waals surface area (Å²) >= 11 is 0. The molecule has 1 aromatic rings. The number of ether oxygens (including phenoxy) is 1. The summed E-state index contributed by atoms with van der Waals surface area (Å²) in [7, 11) is 1.73. The second-order valence-electron chi connectivity index (χ2n) is 5.80. The van der Waals surface area contributed by atoms with Crippen molar-refractivity contribution < 1.29 is 4.74 Å². The maximum absolute atomic E-state index is 5.32. The average molecular weight is 276 g/mol. The van der Waals surface area contributed by atoms with E-state index < -0.39 is 0 Å². The van der Waals surface area contributed by atoms with Gasteiger partial charge in [-0.05, 0) is 62.5 Å². The highest BCUT2D eigenvalue weighted by atomic mass is 16.5. The standard InChI is InChI=1S/C17H28N2O/c1-3-10-19(14-16-7-5-9-18-12-16)13-15-6-4-8-17(11-15)20-2/h4,6,8,11,16,18H,3,5,7,9-10,12-14H2,1-2H3. The third kappa shape index (κ3) is 4.80. The van der Waals surface area contributed by atoms with Gasteiger partial charge in [0.2, 0.25) is 0 Å². The highest BCUT2D eigenvalue weighted by molar-refractivity contribution is 5.28. The Labute approximate surface area is 123 Å². The van der Waals surface area contributed by atoms with E-state index in [1.54, 1.807) is 7.11 Å². The molecule has 1 aromatic carbocycles. The first-order valence-electron chi connectivity index (χ1n) is 7.87. The SMILES string of the molecule is CCCN(Cc1cccc(OC)c1)CC1CCCNC1. The van der Waals surface area contributed by atoms with Crippen LogP contribution in [0.2, 0.25) is 0 Å². The minimum Gasteiger partial charge on any atom is -0.497 e. The van der Waals surface area contributed by atoms with Crippen molar-refractivity contribution in [2.24, 2.45) is 5.92 Å². The van der Waals surface area contributed by atoms with E-state index in [9.17, 15) is 0 Å². The summed E-state index contributed by atoms with van der Waals surface area (Å²) in [4.78, 5) is 2.59. The molecule has 0 spiro atoms. The maximum atomic E-state index is 5.32. The number of nitrogens with one attached hydrogen (secondary N) is 1. The minimum atomic E-state index is 0.806. The highest BCUT2D eigenvalue weighted by Gasteiger charge is 2.16. The molecule has 1 atom stereocenters. The molecule has 20 heavy (non-hydrogen) atoms. The Balaban J connectivity index is 1.93. The molecule has 0 aromatic heterocycles. The van der Waals surface area contributed by atoms with Gasteiger partial charge in [-0.1, -0.05) is 19.1 Å². The molecule has 1 N–H and O–H groups in total. The lowest BCUT2D eigenvalue weighted by atomic mass is 9.98. The summed E-state index contributed by atoms with van der Waals surface area (Å²) in [6.45, 7) is 8.05. The van der Waals surface area contributed by atoms with Crippen molar-refractivity contribution in [3.8, 4) is 5.75 Å². The van der Waals surface area contributed by atoms with Crippen LogP contribution in [0.4, 0.5) is 0 Å². The lowest BCUT2D eigenvalue weighted by Gasteiger charge is -2.30. The zero-order chi connectivity index (χ0) is 14.2. The number of methoxy groups -OCH3 is 1. The molecule has 1 unspecified atom stereocenters. The Morgan fingerprint density at radius 1 is 1.40 bits per heavy atom. The van der Waals surface area contributed by atoms with Crippen molar-refractivity contribution in [2.45, 2.75) is 32.7 Å². The van der Waals surface area contributed by atoms with Crippen LogP contribution in [0, 0.1) is 5.92 Å². The number of hydrogen-bond acceptors (Lipinski definition) is 3. The summed E-state index contributed by atoms with van der Waals surface area (Å²) in [5.41, 5.74) is 1.35. The Morgan fingerprint density at radius 3 is 3.00 bits per heavy atom. The van der Waals surface area contributed by atoms with Gasteiger partial charge in [0.05, 0.1) is 7.11 Å². The molecule has 0 saturated carbocycles. The molecule has 1 heterocycles. The van der Waals surface area contributed by atoms with Gasteiger partial charge in [-0.25, -0.2) is 0 Å². The molecule has 0 amide bonds. The van der Waals surface area contributed by atoms with Crippen LogP contribution in [-0.4, -0.2) is 38.2 Å². The van der Waals surface area contributed by atoms with Gasteiger partial charge >= 0.3 is 0 Å². The molecule has 1 aliphatic heterocycles. The van der Waals surface area contributed by atoms with Crippen LogP contribution in [0.1, 0.15) is 31.7 Å². The van der Waals surface area contributed by atoms with Crippen LogP contribution in [0.3, 0.4) is 0 Å². The predicted octanol–water partition coefficient (Wildman–Crippen LogP) is 2.91. The molecule has 3 nitrogen and oxygen atoms in total. The highest BCUT2D eigenvalue weighted by Crippen LogP contribution is 2.17. The Bertz CT molecular complexity index is 388. The van der Waals surface area contributed by atoms with E-state index >= 15 is 0 Å². The normalized spacial score (nSPS) is 19.2. The molecule has 112 valence electrons. The minimum absolute atomic E-state index is 0.806. The summed E-state index contributed by atoms with van der Waals surface area (Å²) in [6.07, 6.45) is 3.90. The molecule has 0 radical (unpaired) electrons. The number of piperidine rings is 1. The third-order valence-electron chi connectivity index (χ3n) is 4.00. The molecule has 2 rings (SSSR count). The van der Waals surface area contributed by atoms with Crippen LogP contribution in [0.5, 0.6) is 5.75 Å². The van der Waals surface area contributed by atoms with Crippen molar-refractivity contribution in [2.75, 3.05) is 33.3 Å². The summed E-state index contributed by atoms with van der Waals surface area (Å²) in [5, 5.41) is 3.52. The van der Waals surface area contributed by atoms with Crippen molar-refractivity contribution in [1.82, 2.24) is 10.2 Å². The van der Waals surface area contributed by atoms with Gasteiger partial charge in [-0.3, -0.25) is 4.90 Å². The molecule has 0 bridgehead atoms. The quantitative estimate of drug-likeness (QED) is 0.829. The van der Waals surface area contributed by atoms with Crippen LogP contribution >= 0.6 is 0 Å². The lowest BCUT2D eigenvalue weighted by molar-refractivity contribution is 0.201. The smallest absolute Gasteiger partial charge is 0.119 e.